The number of aldehydes is 1. The monoisotopic (exact) mass is 246 g/mol. The Morgan fingerprint density at radius 2 is 2.06 bits per heavy atom. The highest BCUT2D eigenvalue weighted by atomic mass is 16.2. The lowest BCUT2D eigenvalue weighted by Gasteiger charge is -2.29. The minimum Gasteiger partial charge on any atom is -0.298 e. The van der Waals surface area contributed by atoms with E-state index < -0.39 is 0 Å². The summed E-state index contributed by atoms with van der Waals surface area (Å²) in [6.07, 6.45) is 12.4. The molecule has 0 aromatic carbocycles. The third-order valence-electron chi connectivity index (χ3n) is 2.50. The highest BCUT2D eigenvalue weighted by Gasteiger charge is 2.21. The number of carbonyl (C=O) groups is 2. The molecule has 0 aromatic rings. The first-order chi connectivity index (χ1) is 8.61. The summed E-state index contributed by atoms with van der Waals surface area (Å²) in [5.74, 6) is -0.324. The number of hydrogen-bond acceptors (Lipinski definition) is 3. The van der Waals surface area contributed by atoms with Gasteiger partial charge >= 0.3 is 0 Å². The fourth-order valence-electron chi connectivity index (χ4n) is 1.62. The molecule has 0 spiro atoms. The molecule has 4 heteroatoms. The zero-order chi connectivity index (χ0) is 13.5. The van der Waals surface area contributed by atoms with Crippen molar-refractivity contribution in [3.8, 4) is 0 Å². The Kier molecular flexibility index (Phi) is 5.27. The van der Waals surface area contributed by atoms with E-state index in [0.29, 0.717) is 6.29 Å². The summed E-state index contributed by atoms with van der Waals surface area (Å²) in [7, 11) is 3.53. The highest BCUT2D eigenvalue weighted by Crippen LogP contribution is 2.15. The van der Waals surface area contributed by atoms with Gasteiger partial charge in [-0.1, -0.05) is 30.4 Å². The first kappa shape index (κ1) is 14.1. The zero-order valence-electron chi connectivity index (χ0n) is 11.0. The summed E-state index contributed by atoms with van der Waals surface area (Å²) in [4.78, 5) is 23.1. The SMILES string of the molecule is C/C=C(\C=O)C(=O)N(C1=CCC=CC=C1)N(C)C. The number of amides is 1. The van der Waals surface area contributed by atoms with E-state index in [4.69, 9.17) is 0 Å². The standard InChI is InChI=1S/C14H18N2O2/c1-4-12(11-17)14(18)16(15(2)3)13-9-7-5-6-8-10-13/h4-7,9-11H,8H2,1-3H3/b12-4+. The van der Waals surface area contributed by atoms with E-state index in [1.165, 1.54) is 11.1 Å². The van der Waals surface area contributed by atoms with Crippen LogP contribution in [-0.4, -0.2) is 36.3 Å². The number of nitrogens with zero attached hydrogens (tertiary/aromatic N) is 2. The van der Waals surface area contributed by atoms with E-state index in [9.17, 15) is 9.59 Å². The lowest BCUT2D eigenvalue weighted by molar-refractivity contribution is -0.136. The molecule has 18 heavy (non-hydrogen) atoms. The normalized spacial score (nSPS) is 15.3. The molecule has 0 unspecified atom stereocenters. The summed E-state index contributed by atoms with van der Waals surface area (Å²) < 4.78 is 0. The molecule has 0 bridgehead atoms. The second-order valence-electron chi connectivity index (χ2n) is 3.98. The second-order valence-corrected chi connectivity index (χ2v) is 3.98. The highest BCUT2D eigenvalue weighted by molar-refractivity contribution is 6.10. The Balaban J connectivity index is 3.07. The summed E-state index contributed by atoms with van der Waals surface area (Å²) in [5, 5.41) is 3.14. The van der Waals surface area contributed by atoms with Crippen molar-refractivity contribution in [2.75, 3.05) is 14.1 Å². The lowest BCUT2D eigenvalue weighted by Crippen LogP contribution is -2.41. The minimum atomic E-state index is -0.324. The van der Waals surface area contributed by atoms with Crippen molar-refractivity contribution in [3.05, 3.63) is 47.7 Å². The van der Waals surface area contributed by atoms with Crippen molar-refractivity contribution in [2.45, 2.75) is 13.3 Å². The van der Waals surface area contributed by atoms with Crippen LogP contribution in [0.3, 0.4) is 0 Å². The van der Waals surface area contributed by atoms with Gasteiger partial charge in [0.1, 0.15) is 0 Å². The summed E-state index contributed by atoms with van der Waals surface area (Å²) in [5.41, 5.74) is 0.909. The topological polar surface area (TPSA) is 40.6 Å². The van der Waals surface area contributed by atoms with Crippen LogP contribution in [-0.2, 0) is 9.59 Å². The molecule has 96 valence electrons. The van der Waals surface area contributed by atoms with E-state index >= 15 is 0 Å². The van der Waals surface area contributed by atoms with Crippen LogP contribution in [0.2, 0.25) is 0 Å². The van der Waals surface area contributed by atoms with Crippen LogP contribution in [0.5, 0.6) is 0 Å². The largest absolute Gasteiger partial charge is 0.298 e. The molecular formula is C14H18N2O2. The van der Waals surface area contributed by atoms with Crippen LogP contribution in [0.25, 0.3) is 0 Å². The van der Waals surface area contributed by atoms with Gasteiger partial charge in [-0.15, -0.1) is 0 Å². The Bertz CT molecular complexity index is 443. The number of hydrazine groups is 1. The maximum absolute atomic E-state index is 12.2. The Labute approximate surface area is 108 Å². The number of rotatable bonds is 4. The molecule has 0 heterocycles. The van der Waals surface area contributed by atoms with Crippen molar-refractivity contribution in [2.24, 2.45) is 0 Å². The van der Waals surface area contributed by atoms with Gasteiger partial charge in [0.05, 0.1) is 11.3 Å². The van der Waals surface area contributed by atoms with Crippen molar-refractivity contribution >= 4 is 12.2 Å². The van der Waals surface area contributed by atoms with Crippen LogP contribution >= 0.6 is 0 Å². The van der Waals surface area contributed by atoms with Crippen molar-refractivity contribution in [1.29, 1.82) is 0 Å². The second kappa shape index (κ2) is 6.71. The molecule has 1 amide bonds. The first-order valence-corrected chi connectivity index (χ1v) is 5.78. The average Bonchev–Trinajstić information content (AvgIpc) is 2.59. The molecule has 0 aromatic heterocycles. The maximum Gasteiger partial charge on any atom is 0.275 e. The molecule has 4 nitrogen and oxygen atoms in total. The van der Waals surface area contributed by atoms with E-state index in [2.05, 4.69) is 0 Å². The van der Waals surface area contributed by atoms with E-state index in [0.717, 1.165) is 12.1 Å². The van der Waals surface area contributed by atoms with Gasteiger partial charge in [0.25, 0.3) is 5.91 Å². The molecule has 1 rings (SSSR count). The predicted molar refractivity (Wildman–Crippen MR) is 71.3 cm³/mol. The number of hydrogen-bond donors (Lipinski definition) is 0. The van der Waals surface area contributed by atoms with Crippen molar-refractivity contribution in [3.63, 3.8) is 0 Å². The van der Waals surface area contributed by atoms with E-state index in [1.54, 1.807) is 26.0 Å². The smallest absolute Gasteiger partial charge is 0.275 e. The maximum atomic E-state index is 12.2. The van der Waals surface area contributed by atoms with Crippen LogP contribution in [0.4, 0.5) is 0 Å². The van der Waals surface area contributed by atoms with E-state index in [1.807, 2.05) is 30.4 Å². The Morgan fingerprint density at radius 3 is 2.61 bits per heavy atom. The van der Waals surface area contributed by atoms with Gasteiger partial charge in [-0.2, -0.15) is 0 Å². The molecule has 1 aliphatic rings. The average molecular weight is 246 g/mol. The number of carbonyl (C=O) groups excluding carboxylic acids is 2. The summed E-state index contributed by atoms with van der Waals surface area (Å²) in [6.45, 7) is 1.67. The molecule has 0 N–H and O–H groups in total. The zero-order valence-corrected chi connectivity index (χ0v) is 11.0. The fraction of sp³-hybridized carbons (Fsp3) is 0.286. The van der Waals surface area contributed by atoms with Crippen LogP contribution in [0, 0.1) is 0 Å². The number of allylic oxidation sites excluding steroid dienone is 6. The lowest BCUT2D eigenvalue weighted by atomic mass is 10.2. The quantitative estimate of drug-likeness (QED) is 0.250. The van der Waals surface area contributed by atoms with Gasteiger partial charge in [-0.25, -0.2) is 10.0 Å². The van der Waals surface area contributed by atoms with Crippen LogP contribution in [0.15, 0.2) is 47.7 Å². The van der Waals surface area contributed by atoms with Gasteiger partial charge in [0.2, 0.25) is 0 Å². The Morgan fingerprint density at radius 1 is 1.33 bits per heavy atom. The van der Waals surface area contributed by atoms with Crippen LogP contribution < -0.4 is 0 Å². The molecule has 0 saturated carbocycles. The summed E-state index contributed by atoms with van der Waals surface area (Å²) in [6, 6.07) is 0. The van der Waals surface area contributed by atoms with Crippen molar-refractivity contribution in [1.82, 2.24) is 10.0 Å². The molecule has 0 radical (unpaired) electrons. The summed E-state index contributed by atoms with van der Waals surface area (Å²) >= 11 is 0. The Hall–Kier alpha value is -1.94. The minimum absolute atomic E-state index is 0.148. The fourth-order valence-corrected chi connectivity index (χ4v) is 1.62. The molecule has 0 atom stereocenters. The van der Waals surface area contributed by atoms with Gasteiger partial charge in [-0.05, 0) is 19.4 Å². The first-order valence-electron chi connectivity index (χ1n) is 5.78. The molecule has 0 aliphatic heterocycles. The van der Waals surface area contributed by atoms with Gasteiger partial charge in [-0.3, -0.25) is 9.59 Å². The predicted octanol–water partition coefficient (Wildman–Crippen LogP) is 1.84. The molecule has 1 aliphatic carbocycles. The van der Waals surface area contributed by atoms with Crippen LogP contribution in [0.1, 0.15) is 13.3 Å². The van der Waals surface area contributed by atoms with Gasteiger partial charge in [0.15, 0.2) is 6.29 Å². The molecule has 0 fully saturated rings. The van der Waals surface area contributed by atoms with Crippen molar-refractivity contribution < 1.29 is 9.59 Å². The third kappa shape index (κ3) is 3.28. The van der Waals surface area contributed by atoms with E-state index in [-0.39, 0.29) is 11.5 Å². The van der Waals surface area contributed by atoms with Gasteiger partial charge < -0.3 is 0 Å². The molecule has 0 saturated heterocycles. The third-order valence-corrected chi connectivity index (χ3v) is 2.50. The molecular weight excluding hydrogens is 228 g/mol. The van der Waals surface area contributed by atoms with Gasteiger partial charge in [0, 0.05) is 14.1 Å².